The second-order valence-corrected chi connectivity index (χ2v) is 7.40. The van der Waals surface area contributed by atoms with Crippen molar-refractivity contribution in [2.45, 2.75) is 19.0 Å². The molecule has 0 unspecified atom stereocenters. The van der Waals surface area contributed by atoms with Crippen molar-refractivity contribution in [2.75, 3.05) is 10.6 Å². The Hall–Kier alpha value is -4.41. The summed E-state index contributed by atoms with van der Waals surface area (Å²) in [5, 5.41) is 4.59. The van der Waals surface area contributed by atoms with Gasteiger partial charge < -0.3 is 19.5 Å². The lowest BCUT2D eigenvalue weighted by molar-refractivity contribution is -0.136. The van der Waals surface area contributed by atoms with Crippen molar-refractivity contribution in [3.63, 3.8) is 0 Å². The number of nitrogens with one attached hydrogen (secondary N) is 2. The maximum Gasteiger partial charge on any atom is 0.418 e. The molecular weight excluding hydrogens is 470 g/mol. The molecule has 2 amide bonds. The third-order valence-corrected chi connectivity index (χ3v) is 4.89. The smallest absolute Gasteiger partial charge is 0.418 e. The standard InChI is InChI=1S/C24H17F4N3O4/c25-16-3-1-14(2-4-16)20-12-29-22(35-20)8-7-21(32)31-19-6-5-17(11-18(19)24(26,27)28)30-23(33)15-9-10-34-13-15/h1-6,9-13H,7-8H2,(H,30,33)(H,31,32). The summed E-state index contributed by atoms with van der Waals surface area (Å²) in [6, 6.07) is 9.93. The van der Waals surface area contributed by atoms with Crippen LogP contribution in [-0.4, -0.2) is 16.8 Å². The van der Waals surface area contributed by atoms with E-state index in [1.54, 1.807) is 0 Å². The number of rotatable bonds is 7. The lowest BCUT2D eigenvalue weighted by atomic mass is 10.1. The Morgan fingerprint density at radius 3 is 2.46 bits per heavy atom. The molecule has 0 radical (unpaired) electrons. The third-order valence-electron chi connectivity index (χ3n) is 4.89. The largest absolute Gasteiger partial charge is 0.472 e. The van der Waals surface area contributed by atoms with Crippen LogP contribution in [0.2, 0.25) is 0 Å². The highest BCUT2D eigenvalue weighted by Crippen LogP contribution is 2.37. The number of anilines is 2. The molecule has 0 saturated carbocycles. The Balaban J connectivity index is 1.41. The zero-order valence-corrected chi connectivity index (χ0v) is 17.9. The van der Waals surface area contributed by atoms with Gasteiger partial charge >= 0.3 is 6.18 Å². The number of amides is 2. The van der Waals surface area contributed by atoms with Gasteiger partial charge in [-0.3, -0.25) is 9.59 Å². The highest BCUT2D eigenvalue weighted by atomic mass is 19.4. The van der Waals surface area contributed by atoms with Gasteiger partial charge in [0.1, 0.15) is 12.1 Å². The molecule has 4 aromatic rings. The molecule has 2 aromatic carbocycles. The zero-order valence-electron chi connectivity index (χ0n) is 17.9. The number of halogens is 4. The molecule has 7 nitrogen and oxygen atoms in total. The van der Waals surface area contributed by atoms with Crippen molar-refractivity contribution in [2.24, 2.45) is 0 Å². The first-order chi connectivity index (χ1) is 16.7. The quantitative estimate of drug-likeness (QED) is 0.316. The number of benzene rings is 2. The van der Waals surface area contributed by atoms with Gasteiger partial charge in [0, 0.05) is 24.1 Å². The van der Waals surface area contributed by atoms with Gasteiger partial charge in [-0.15, -0.1) is 0 Å². The SMILES string of the molecule is O=C(CCc1ncc(-c2ccc(F)cc2)o1)Nc1ccc(NC(=O)c2ccoc2)cc1C(F)(F)F. The second-order valence-electron chi connectivity index (χ2n) is 7.40. The van der Waals surface area contributed by atoms with Gasteiger partial charge in [0.2, 0.25) is 5.91 Å². The summed E-state index contributed by atoms with van der Waals surface area (Å²) in [7, 11) is 0. The number of nitrogens with zero attached hydrogens (tertiary/aromatic N) is 1. The van der Waals surface area contributed by atoms with Crippen molar-refractivity contribution >= 4 is 23.2 Å². The van der Waals surface area contributed by atoms with E-state index in [0.717, 1.165) is 18.4 Å². The molecule has 0 atom stereocenters. The molecule has 0 aliphatic heterocycles. The zero-order chi connectivity index (χ0) is 25.0. The number of hydrogen-bond acceptors (Lipinski definition) is 5. The van der Waals surface area contributed by atoms with E-state index in [-0.39, 0.29) is 30.0 Å². The summed E-state index contributed by atoms with van der Waals surface area (Å²) in [5.41, 5.74) is -0.946. The van der Waals surface area contributed by atoms with Crippen LogP contribution in [0.25, 0.3) is 11.3 Å². The number of aromatic nitrogens is 1. The number of furan rings is 1. The first-order valence-corrected chi connectivity index (χ1v) is 10.2. The number of oxazole rings is 1. The fourth-order valence-electron chi connectivity index (χ4n) is 3.17. The molecule has 4 rings (SSSR count). The van der Waals surface area contributed by atoms with Crippen LogP contribution in [0.4, 0.5) is 28.9 Å². The summed E-state index contributed by atoms with van der Waals surface area (Å²) in [6.45, 7) is 0. The molecule has 0 aliphatic carbocycles. The van der Waals surface area contributed by atoms with E-state index in [9.17, 15) is 27.2 Å². The Bertz CT molecular complexity index is 1330. The number of carbonyl (C=O) groups is 2. The van der Waals surface area contributed by atoms with E-state index in [0.29, 0.717) is 11.3 Å². The van der Waals surface area contributed by atoms with Crippen molar-refractivity contribution in [1.82, 2.24) is 4.98 Å². The molecule has 2 aromatic heterocycles. The summed E-state index contributed by atoms with van der Waals surface area (Å²) in [6.07, 6.45) is -1.11. The average Bonchev–Trinajstić information content (AvgIpc) is 3.51. The van der Waals surface area contributed by atoms with Crippen molar-refractivity contribution < 1.29 is 36.0 Å². The van der Waals surface area contributed by atoms with Crippen LogP contribution in [0.1, 0.15) is 28.2 Å². The van der Waals surface area contributed by atoms with Gasteiger partial charge in [-0.25, -0.2) is 9.37 Å². The molecule has 180 valence electrons. The monoisotopic (exact) mass is 487 g/mol. The average molecular weight is 487 g/mol. The number of carbonyl (C=O) groups excluding carboxylic acids is 2. The number of alkyl halides is 3. The van der Waals surface area contributed by atoms with E-state index >= 15 is 0 Å². The van der Waals surface area contributed by atoms with Crippen molar-refractivity contribution in [1.29, 1.82) is 0 Å². The molecule has 0 spiro atoms. The van der Waals surface area contributed by atoms with Gasteiger partial charge in [-0.05, 0) is 48.5 Å². The molecule has 0 fully saturated rings. The molecule has 0 saturated heterocycles. The molecule has 2 N–H and O–H groups in total. The van der Waals surface area contributed by atoms with Crippen LogP contribution in [0, 0.1) is 5.82 Å². The van der Waals surface area contributed by atoms with Gasteiger partial charge in [0.25, 0.3) is 5.91 Å². The first kappa shape index (κ1) is 23.7. The fourth-order valence-corrected chi connectivity index (χ4v) is 3.17. The normalized spacial score (nSPS) is 11.3. The minimum Gasteiger partial charge on any atom is -0.472 e. The molecule has 35 heavy (non-hydrogen) atoms. The van der Waals surface area contributed by atoms with E-state index in [1.807, 2.05) is 0 Å². The van der Waals surface area contributed by atoms with Crippen LogP contribution in [0.15, 0.2) is 76.1 Å². The lowest BCUT2D eigenvalue weighted by Crippen LogP contribution is -2.18. The first-order valence-electron chi connectivity index (χ1n) is 10.2. The Kier molecular flexibility index (Phi) is 6.67. The molecule has 11 heteroatoms. The fraction of sp³-hybridized carbons (Fsp3) is 0.125. The van der Waals surface area contributed by atoms with E-state index in [2.05, 4.69) is 15.6 Å². The van der Waals surface area contributed by atoms with Gasteiger partial charge in [0.05, 0.1) is 29.3 Å². The Morgan fingerprint density at radius 2 is 1.77 bits per heavy atom. The Labute approximate surface area is 195 Å². The molecular formula is C24H17F4N3O4. The number of aryl methyl sites for hydroxylation is 1. The van der Waals surface area contributed by atoms with Crippen molar-refractivity contribution in [3.05, 3.63) is 90.1 Å². The maximum atomic E-state index is 13.6. The van der Waals surface area contributed by atoms with E-state index in [1.165, 1.54) is 48.9 Å². The van der Waals surface area contributed by atoms with Crippen LogP contribution in [0.3, 0.4) is 0 Å². The molecule has 0 bridgehead atoms. The predicted octanol–water partition coefficient (Wildman–Crippen LogP) is 5.92. The molecule has 0 aliphatic rings. The summed E-state index contributed by atoms with van der Waals surface area (Å²) in [5.74, 6) is -1.17. The predicted molar refractivity (Wildman–Crippen MR) is 117 cm³/mol. The maximum absolute atomic E-state index is 13.6. The minimum absolute atomic E-state index is 0.0349. The van der Waals surface area contributed by atoms with Crippen LogP contribution >= 0.6 is 0 Å². The van der Waals surface area contributed by atoms with Gasteiger partial charge in [-0.1, -0.05) is 0 Å². The van der Waals surface area contributed by atoms with E-state index < -0.39 is 35.1 Å². The van der Waals surface area contributed by atoms with Crippen LogP contribution in [-0.2, 0) is 17.4 Å². The van der Waals surface area contributed by atoms with E-state index in [4.69, 9.17) is 8.83 Å². The minimum atomic E-state index is -4.79. The lowest BCUT2D eigenvalue weighted by Gasteiger charge is -2.15. The second kappa shape index (κ2) is 9.84. The summed E-state index contributed by atoms with van der Waals surface area (Å²) >= 11 is 0. The van der Waals surface area contributed by atoms with Crippen molar-refractivity contribution in [3.8, 4) is 11.3 Å². The van der Waals surface area contributed by atoms with Gasteiger partial charge in [-0.2, -0.15) is 13.2 Å². The highest BCUT2D eigenvalue weighted by Gasteiger charge is 2.34. The topological polar surface area (TPSA) is 97.4 Å². The summed E-state index contributed by atoms with van der Waals surface area (Å²) < 4.78 is 64.2. The highest BCUT2D eigenvalue weighted by molar-refractivity contribution is 6.04. The number of hydrogen-bond donors (Lipinski definition) is 2. The van der Waals surface area contributed by atoms with Crippen LogP contribution in [0.5, 0.6) is 0 Å². The third kappa shape index (κ3) is 5.94. The van der Waals surface area contributed by atoms with Crippen LogP contribution < -0.4 is 10.6 Å². The van der Waals surface area contributed by atoms with Gasteiger partial charge in [0.15, 0.2) is 11.7 Å². The Morgan fingerprint density at radius 1 is 1.00 bits per heavy atom. The summed E-state index contributed by atoms with van der Waals surface area (Å²) in [4.78, 5) is 28.4. The molecule has 2 heterocycles.